The molecular weight excluding hydrogens is 589 g/mol. The molecule has 1 N–H and O–H groups in total. The Kier molecular flexibility index (Phi) is 10.9. The van der Waals surface area contributed by atoms with Crippen molar-refractivity contribution in [2.24, 2.45) is 0 Å². The minimum absolute atomic E-state index is 0.000205. The molecule has 2 amide bonds. The summed E-state index contributed by atoms with van der Waals surface area (Å²) in [5.74, 6) is -0.397. The number of hydrogen-bond donors (Lipinski definition) is 1. The Labute approximate surface area is 251 Å². The third-order valence-electron chi connectivity index (χ3n) is 6.51. The molecule has 0 spiro atoms. The lowest BCUT2D eigenvalue weighted by atomic mass is 10.1. The summed E-state index contributed by atoms with van der Waals surface area (Å²) in [6.07, 6.45) is 0.291. The predicted molar refractivity (Wildman–Crippen MR) is 160 cm³/mol. The van der Waals surface area contributed by atoms with Gasteiger partial charge < -0.3 is 19.7 Å². The molecule has 1 atom stereocenters. The van der Waals surface area contributed by atoms with Gasteiger partial charge in [0.15, 0.2) is 11.5 Å². The minimum Gasteiger partial charge on any atom is -0.493 e. The van der Waals surface area contributed by atoms with E-state index in [1.807, 2.05) is 6.92 Å². The first-order chi connectivity index (χ1) is 19.5. The van der Waals surface area contributed by atoms with Gasteiger partial charge in [0, 0.05) is 19.7 Å². The lowest BCUT2D eigenvalue weighted by Gasteiger charge is -2.33. The van der Waals surface area contributed by atoms with Crippen LogP contribution in [-0.2, 0) is 26.2 Å². The van der Waals surface area contributed by atoms with Crippen LogP contribution >= 0.6 is 23.2 Å². The van der Waals surface area contributed by atoms with Crippen LogP contribution in [0.25, 0.3) is 0 Å². The van der Waals surface area contributed by atoms with Crippen molar-refractivity contribution in [3.8, 4) is 11.5 Å². The van der Waals surface area contributed by atoms with E-state index in [0.29, 0.717) is 27.8 Å². The Balaban J connectivity index is 2.10. The van der Waals surface area contributed by atoms with Crippen molar-refractivity contribution < 1.29 is 27.5 Å². The van der Waals surface area contributed by atoms with Crippen LogP contribution in [0.15, 0.2) is 65.6 Å². The first-order valence-corrected chi connectivity index (χ1v) is 14.9. The van der Waals surface area contributed by atoms with Gasteiger partial charge in [0.25, 0.3) is 10.0 Å². The number of rotatable bonds is 12. The van der Waals surface area contributed by atoms with Crippen molar-refractivity contribution in [1.82, 2.24) is 10.2 Å². The van der Waals surface area contributed by atoms with E-state index in [4.69, 9.17) is 32.7 Å². The van der Waals surface area contributed by atoms with Gasteiger partial charge in [-0.25, -0.2) is 8.42 Å². The molecule has 3 aromatic rings. The number of nitrogens with one attached hydrogen (secondary N) is 1. The Bertz CT molecular complexity index is 1500. The van der Waals surface area contributed by atoms with Crippen LogP contribution in [0.5, 0.6) is 11.5 Å². The van der Waals surface area contributed by atoms with Gasteiger partial charge in [-0.15, -0.1) is 0 Å². The maximum Gasteiger partial charge on any atom is 0.264 e. The Morgan fingerprint density at radius 3 is 2.15 bits per heavy atom. The second-order valence-corrected chi connectivity index (χ2v) is 11.8. The number of likely N-dealkylation sites (N-methyl/N-ethyl adjacent to an activating group) is 1. The third kappa shape index (κ3) is 7.44. The molecule has 0 fully saturated rings. The van der Waals surface area contributed by atoms with Gasteiger partial charge in [0.2, 0.25) is 11.8 Å². The summed E-state index contributed by atoms with van der Waals surface area (Å²) in [6, 6.07) is 15.0. The Morgan fingerprint density at radius 2 is 1.59 bits per heavy atom. The molecule has 0 aliphatic rings. The molecule has 41 heavy (non-hydrogen) atoms. The number of carbonyl (C=O) groups excluding carboxylic acids is 2. The first-order valence-electron chi connectivity index (χ1n) is 12.7. The highest BCUT2D eigenvalue weighted by Gasteiger charge is 2.34. The molecule has 0 bridgehead atoms. The molecule has 0 heterocycles. The van der Waals surface area contributed by atoms with Gasteiger partial charge in [-0.2, -0.15) is 0 Å². The molecule has 0 radical (unpaired) electrons. The third-order valence-corrected chi connectivity index (χ3v) is 9.02. The first kappa shape index (κ1) is 32.0. The number of ether oxygens (including phenoxy) is 2. The van der Waals surface area contributed by atoms with E-state index in [0.717, 1.165) is 9.87 Å². The van der Waals surface area contributed by atoms with Gasteiger partial charge in [-0.3, -0.25) is 13.9 Å². The summed E-state index contributed by atoms with van der Waals surface area (Å²) in [5.41, 5.74) is 1.82. The van der Waals surface area contributed by atoms with Crippen molar-refractivity contribution in [2.45, 2.75) is 37.8 Å². The smallest absolute Gasteiger partial charge is 0.264 e. The van der Waals surface area contributed by atoms with Gasteiger partial charge in [-0.1, -0.05) is 53.9 Å². The van der Waals surface area contributed by atoms with E-state index >= 15 is 0 Å². The Hall–Kier alpha value is -3.47. The number of aryl methyl sites for hydroxylation is 1. The van der Waals surface area contributed by atoms with Gasteiger partial charge >= 0.3 is 0 Å². The summed E-state index contributed by atoms with van der Waals surface area (Å²) in [6.45, 7) is 3.07. The molecule has 1 unspecified atom stereocenters. The molecule has 0 saturated heterocycles. The summed E-state index contributed by atoms with van der Waals surface area (Å²) in [7, 11) is 0.0434. The minimum atomic E-state index is -4.29. The summed E-state index contributed by atoms with van der Waals surface area (Å²) in [5, 5.41) is 3.23. The Morgan fingerprint density at radius 1 is 0.927 bits per heavy atom. The van der Waals surface area contributed by atoms with E-state index in [2.05, 4.69) is 5.32 Å². The van der Waals surface area contributed by atoms with E-state index in [1.165, 1.54) is 44.4 Å². The van der Waals surface area contributed by atoms with Crippen LogP contribution in [-0.4, -0.2) is 59.0 Å². The number of anilines is 1. The van der Waals surface area contributed by atoms with Crippen LogP contribution in [0.4, 0.5) is 5.69 Å². The van der Waals surface area contributed by atoms with Gasteiger partial charge in [-0.05, 0) is 55.3 Å². The number of benzene rings is 3. The van der Waals surface area contributed by atoms with Crippen LogP contribution in [0, 0.1) is 6.92 Å². The molecule has 0 aliphatic carbocycles. The molecule has 220 valence electrons. The fourth-order valence-electron chi connectivity index (χ4n) is 4.26. The van der Waals surface area contributed by atoms with Crippen molar-refractivity contribution >= 4 is 50.7 Å². The highest BCUT2D eigenvalue weighted by molar-refractivity contribution is 7.92. The molecule has 0 aliphatic heterocycles. The molecular formula is C29H33Cl2N3O6S. The molecule has 0 saturated carbocycles. The fourth-order valence-corrected chi connectivity index (χ4v) is 6.02. The summed E-state index contributed by atoms with van der Waals surface area (Å²) < 4.78 is 39.7. The second-order valence-electron chi connectivity index (χ2n) is 9.17. The fraction of sp³-hybridized carbons (Fsp3) is 0.310. The predicted octanol–water partition coefficient (Wildman–Crippen LogP) is 5.07. The number of carbonyl (C=O) groups is 2. The van der Waals surface area contributed by atoms with E-state index < -0.39 is 28.5 Å². The number of amides is 2. The van der Waals surface area contributed by atoms with Crippen LogP contribution in [0.1, 0.15) is 24.5 Å². The lowest BCUT2D eigenvalue weighted by Crippen LogP contribution is -2.51. The largest absolute Gasteiger partial charge is 0.493 e. The number of hydrogen-bond acceptors (Lipinski definition) is 6. The molecule has 12 heteroatoms. The zero-order valence-electron chi connectivity index (χ0n) is 23.5. The normalized spacial score (nSPS) is 11.9. The lowest BCUT2D eigenvalue weighted by molar-refractivity contribution is -0.140. The zero-order chi connectivity index (χ0) is 30.3. The highest BCUT2D eigenvalue weighted by atomic mass is 35.5. The number of sulfonamides is 1. The average molecular weight is 623 g/mol. The van der Waals surface area contributed by atoms with Crippen molar-refractivity contribution in [3.05, 3.63) is 81.8 Å². The van der Waals surface area contributed by atoms with Crippen LogP contribution < -0.4 is 19.1 Å². The maximum atomic E-state index is 14.1. The molecule has 3 rings (SSSR count). The van der Waals surface area contributed by atoms with Crippen molar-refractivity contribution in [3.63, 3.8) is 0 Å². The van der Waals surface area contributed by atoms with Crippen LogP contribution in [0.3, 0.4) is 0 Å². The SMILES string of the molecule is CCC(C(=O)NC)N(Cc1ccc(Cl)c(Cl)c1)C(=O)CN(c1ccc(C)cc1)S(=O)(=O)c1ccc(OC)c(OC)c1. The van der Waals surface area contributed by atoms with E-state index in [1.54, 1.807) is 49.4 Å². The monoisotopic (exact) mass is 621 g/mol. The van der Waals surface area contributed by atoms with E-state index in [9.17, 15) is 18.0 Å². The maximum absolute atomic E-state index is 14.1. The highest BCUT2D eigenvalue weighted by Crippen LogP contribution is 2.32. The van der Waals surface area contributed by atoms with Gasteiger partial charge in [0.1, 0.15) is 12.6 Å². The molecule has 9 nitrogen and oxygen atoms in total. The van der Waals surface area contributed by atoms with Crippen molar-refractivity contribution in [2.75, 3.05) is 32.1 Å². The zero-order valence-corrected chi connectivity index (χ0v) is 25.8. The van der Waals surface area contributed by atoms with E-state index in [-0.39, 0.29) is 28.8 Å². The van der Waals surface area contributed by atoms with Gasteiger partial charge in [0.05, 0.1) is 34.8 Å². The summed E-state index contributed by atoms with van der Waals surface area (Å²) in [4.78, 5) is 28.1. The molecule has 0 aromatic heterocycles. The molecule has 3 aromatic carbocycles. The van der Waals surface area contributed by atoms with Crippen molar-refractivity contribution in [1.29, 1.82) is 0 Å². The number of methoxy groups -OCH3 is 2. The second kappa shape index (κ2) is 13.9. The topological polar surface area (TPSA) is 105 Å². The standard InChI is InChI=1S/C29H33Cl2N3O6S/c1-6-25(29(36)32-3)33(17-20-9-13-23(30)24(31)15-20)28(35)18-34(21-10-7-19(2)8-11-21)41(37,38)22-12-14-26(39-4)27(16-22)40-5/h7-16,25H,6,17-18H2,1-5H3,(H,32,36). The van der Waals surface area contributed by atoms with Crippen LogP contribution in [0.2, 0.25) is 10.0 Å². The number of nitrogens with zero attached hydrogens (tertiary/aromatic N) is 2. The summed E-state index contributed by atoms with van der Waals surface area (Å²) >= 11 is 12.3. The quantitative estimate of drug-likeness (QED) is 0.303. The average Bonchev–Trinajstić information content (AvgIpc) is 2.97. The number of halogens is 2.